The molecular weight excluding hydrogens is 500 g/mol. The monoisotopic (exact) mass is 529 g/mol. The van der Waals surface area contributed by atoms with E-state index in [1.54, 1.807) is 49.4 Å². The van der Waals surface area contributed by atoms with Gasteiger partial charge < -0.3 is 14.8 Å². The maximum absolute atomic E-state index is 14.4. The van der Waals surface area contributed by atoms with Gasteiger partial charge in [-0.15, -0.1) is 0 Å². The van der Waals surface area contributed by atoms with E-state index in [-0.39, 0.29) is 17.0 Å². The Hall–Kier alpha value is -4.27. The van der Waals surface area contributed by atoms with E-state index in [0.717, 1.165) is 52.0 Å². The number of aryl methyl sites for hydroxylation is 2. The van der Waals surface area contributed by atoms with E-state index in [9.17, 15) is 18.4 Å². The molecule has 2 aliphatic rings. The van der Waals surface area contributed by atoms with Crippen LogP contribution >= 0.6 is 0 Å². The number of H-pyrrole nitrogens is 1. The molecule has 7 nitrogen and oxygen atoms in total. The van der Waals surface area contributed by atoms with Gasteiger partial charge in [0, 0.05) is 74.6 Å². The summed E-state index contributed by atoms with van der Waals surface area (Å²) < 4.78 is 30.5. The molecule has 4 aromatic rings. The fraction of sp³-hybridized carbons (Fsp3) is 0.300. The second kappa shape index (κ2) is 9.80. The van der Waals surface area contributed by atoms with Gasteiger partial charge in [0.25, 0.3) is 6.43 Å². The molecule has 0 saturated heterocycles. The number of amides is 1. The standard InChI is InChI=1S/C30H29F2N5O2/c1-18(38)36-9-6-20-10-22(19-5-7-33-29(39)13-19)12-28(26(20)17-36)37-8-3-4-21-11-24(23-15-34-35(2)16-23)25(30(31)32)14-27(21)37/h5,7,10-16,30H,3-4,6,8-9,17H2,1-2H3,(H,33,39). The number of nitrogens with zero attached hydrogens (tertiary/aromatic N) is 4. The summed E-state index contributed by atoms with van der Waals surface area (Å²) in [5, 5.41) is 4.19. The average molecular weight is 530 g/mol. The van der Waals surface area contributed by atoms with Crippen LogP contribution in [0.1, 0.15) is 42.0 Å². The summed E-state index contributed by atoms with van der Waals surface area (Å²) in [6.45, 7) is 3.30. The Bertz CT molecular complexity index is 1640. The fourth-order valence-corrected chi connectivity index (χ4v) is 5.84. The highest BCUT2D eigenvalue weighted by atomic mass is 19.3. The van der Waals surface area contributed by atoms with E-state index in [1.807, 2.05) is 23.1 Å². The predicted octanol–water partition coefficient (Wildman–Crippen LogP) is 5.37. The lowest BCUT2D eigenvalue weighted by molar-refractivity contribution is -0.129. The number of rotatable bonds is 4. The third-order valence-corrected chi connectivity index (χ3v) is 7.78. The predicted molar refractivity (Wildman–Crippen MR) is 146 cm³/mol. The van der Waals surface area contributed by atoms with Gasteiger partial charge in [-0.05, 0) is 76.9 Å². The lowest BCUT2D eigenvalue weighted by Crippen LogP contribution is -2.36. The number of aromatic nitrogens is 3. The number of hydrogen-bond donors (Lipinski definition) is 1. The van der Waals surface area contributed by atoms with Crippen molar-refractivity contribution in [2.75, 3.05) is 18.0 Å². The highest BCUT2D eigenvalue weighted by Crippen LogP contribution is 2.44. The molecule has 2 aromatic heterocycles. The third kappa shape index (κ3) is 4.62. The number of halogens is 2. The van der Waals surface area contributed by atoms with Crippen LogP contribution in [0.4, 0.5) is 20.2 Å². The van der Waals surface area contributed by atoms with Gasteiger partial charge in [-0.2, -0.15) is 5.10 Å². The number of fused-ring (bicyclic) bond motifs is 2. The molecule has 6 rings (SSSR count). The molecule has 0 saturated carbocycles. The highest BCUT2D eigenvalue weighted by Gasteiger charge is 2.29. The largest absolute Gasteiger partial charge is 0.341 e. The molecule has 1 N–H and O–H groups in total. The molecule has 0 aliphatic carbocycles. The van der Waals surface area contributed by atoms with Crippen LogP contribution in [0.15, 0.2) is 59.8 Å². The van der Waals surface area contributed by atoms with Gasteiger partial charge in [-0.3, -0.25) is 14.3 Å². The van der Waals surface area contributed by atoms with Crippen LogP contribution in [0.25, 0.3) is 22.3 Å². The number of aromatic amines is 1. The van der Waals surface area contributed by atoms with Crippen LogP contribution < -0.4 is 10.5 Å². The zero-order valence-corrected chi connectivity index (χ0v) is 21.9. The first-order valence-electron chi connectivity index (χ1n) is 13.1. The summed E-state index contributed by atoms with van der Waals surface area (Å²) >= 11 is 0. The molecular formula is C30H29F2N5O2. The molecule has 0 unspecified atom stereocenters. The number of carbonyl (C=O) groups excluding carboxylic acids is 1. The first-order chi connectivity index (χ1) is 18.8. The Kier molecular flexibility index (Phi) is 6.29. The number of nitrogens with one attached hydrogen (secondary N) is 1. The van der Waals surface area contributed by atoms with Crippen LogP contribution in [0, 0.1) is 0 Å². The van der Waals surface area contributed by atoms with E-state index in [0.29, 0.717) is 37.2 Å². The van der Waals surface area contributed by atoms with Crippen molar-refractivity contribution in [3.8, 4) is 22.3 Å². The van der Waals surface area contributed by atoms with Crippen molar-refractivity contribution < 1.29 is 13.6 Å². The topological polar surface area (TPSA) is 74.2 Å². The van der Waals surface area contributed by atoms with Crippen molar-refractivity contribution in [1.82, 2.24) is 19.7 Å². The number of benzene rings is 2. The van der Waals surface area contributed by atoms with E-state index in [2.05, 4.69) is 21.0 Å². The van der Waals surface area contributed by atoms with Crippen molar-refractivity contribution in [3.05, 3.63) is 87.6 Å². The van der Waals surface area contributed by atoms with Gasteiger partial charge >= 0.3 is 0 Å². The molecule has 9 heteroatoms. The molecule has 2 aliphatic heterocycles. The van der Waals surface area contributed by atoms with Crippen LogP contribution in [0.3, 0.4) is 0 Å². The highest BCUT2D eigenvalue weighted by molar-refractivity contribution is 5.82. The van der Waals surface area contributed by atoms with Crippen molar-refractivity contribution in [3.63, 3.8) is 0 Å². The van der Waals surface area contributed by atoms with Gasteiger partial charge in [-0.1, -0.05) is 6.07 Å². The van der Waals surface area contributed by atoms with E-state index in [4.69, 9.17) is 0 Å². The van der Waals surface area contributed by atoms with Crippen LogP contribution in [-0.2, 0) is 31.2 Å². The average Bonchev–Trinajstić information content (AvgIpc) is 3.37. The maximum Gasteiger partial charge on any atom is 0.264 e. The summed E-state index contributed by atoms with van der Waals surface area (Å²) in [7, 11) is 1.77. The summed E-state index contributed by atoms with van der Waals surface area (Å²) in [6.07, 6.45) is 4.66. The minimum absolute atomic E-state index is 0.00501. The lowest BCUT2D eigenvalue weighted by atomic mass is 9.89. The van der Waals surface area contributed by atoms with Crippen LogP contribution in [-0.4, -0.2) is 38.7 Å². The number of alkyl halides is 2. The maximum atomic E-state index is 14.4. The molecule has 0 atom stereocenters. The number of anilines is 2. The Morgan fingerprint density at radius 3 is 2.56 bits per heavy atom. The summed E-state index contributed by atoms with van der Waals surface area (Å²) in [6, 6.07) is 11.1. The molecule has 0 spiro atoms. The van der Waals surface area contributed by atoms with Crippen molar-refractivity contribution in [2.24, 2.45) is 7.05 Å². The van der Waals surface area contributed by atoms with E-state index < -0.39 is 6.43 Å². The van der Waals surface area contributed by atoms with Gasteiger partial charge in [0.05, 0.1) is 6.20 Å². The Labute approximate surface area is 224 Å². The van der Waals surface area contributed by atoms with Gasteiger partial charge in [-0.25, -0.2) is 8.78 Å². The summed E-state index contributed by atoms with van der Waals surface area (Å²) in [5.74, 6) is 0.00501. The molecule has 39 heavy (non-hydrogen) atoms. The number of carbonyl (C=O) groups is 1. The second-order valence-electron chi connectivity index (χ2n) is 10.3. The minimum atomic E-state index is -2.65. The first-order valence-corrected chi connectivity index (χ1v) is 13.1. The Balaban J connectivity index is 1.54. The van der Waals surface area contributed by atoms with Gasteiger partial charge in [0.2, 0.25) is 11.5 Å². The molecule has 1 amide bonds. The number of pyridine rings is 1. The van der Waals surface area contributed by atoms with Crippen molar-refractivity contribution in [1.29, 1.82) is 0 Å². The molecule has 200 valence electrons. The minimum Gasteiger partial charge on any atom is -0.341 e. The van der Waals surface area contributed by atoms with Crippen LogP contribution in [0.5, 0.6) is 0 Å². The molecule has 2 aromatic carbocycles. The van der Waals surface area contributed by atoms with Gasteiger partial charge in [0.15, 0.2) is 0 Å². The number of hydrogen-bond acceptors (Lipinski definition) is 4. The van der Waals surface area contributed by atoms with Gasteiger partial charge in [0.1, 0.15) is 0 Å². The normalized spacial score (nSPS) is 14.9. The van der Waals surface area contributed by atoms with Crippen molar-refractivity contribution in [2.45, 2.75) is 39.2 Å². The first kappa shape index (κ1) is 25.0. The quantitative estimate of drug-likeness (QED) is 0.386. The molecule has 4 heterocycles. The van der Waals surface area contributed by atoms with E-state index >= 15 is 0 Å². The Morgan fingerprint density at radius 1 is 1.00 bits per heavy atom. The molecule has 0 radical (unpaired) electrons. The smallest absolute Gasteiger partial charge is 0.264 e. The second-order valence-corrected chi connectivity index (χ2v) is 10.3. The zero-order valence-electron chi connectivity index (χ0n) is 21.9. The Morgan fingerprint density at radius 2 is 1.85 bits per heavy atom. The lowest BCUT2D eigenvalue weighted by Gasteiger charge is -2.37. The summed E-state index contributed by atoms with van der Waals surface area (Å²) in [4.78, 5) is 31.0. The molecule has 0 fully saturated rings. The summed E-state index contributed by atoms with van der Waals surface area (Å²) in [5.41, 5.74) is 7.40. The van der Waals surface area contributed by atoms with Crippen molar-refractivity contribution >= 4 is 17.3 Å². The zero-order chi connectivity index (χ0) is 27.3. The molecule has 0 bridgehead atoms. The van der Waals surface area contributed by atoms with E-state index in [1.165, 1.54) is 0 Å². The van der Waals surface area contributed by atoms with Crippen LogP contribution in [0.2, 0.25) is 0 Å². The third-order valence-electron chi connectivity index (χ3n) is 7.78. The SMILES string of the molecule is CC(=O)N1CCc2cc(-c3cc[nH]c(=O)c3)cc(N3CCCc4cc(-c5cnn(C)c5)c(C(F)F)cc43)c2C1. The fourth-order valence-electron chi connectivity index (χ4n) is 5.84.